The van der Waals surface area contributed by atoms with Crippen LogP contribution in [-0.2, 0) is 0 Å². The molecule has 1 aliphatic heterocycles. The lowest BCUT2D eigenvalue weighted by atomic mass is 9.95. The van der Waals surface area contributed by atoms with Crippen LogP contribution < -0.4 is 4.90 Å². The summed E-state index contributed by atoms with van der Waals surface area (Å²) in [6, 6.07) is 4.23. The van der Waals surface area contributed by atoms with Crippen molar-refractivity contribution in [2.75, 3.05) is 18.0 Å². The molecule has 1 aliphatic rings. The van der Waals surface area contributed by atoms with Crippen LogP contribution in [0, 0.1) is 11.7 Å². The van der Waals surface area contributed by atoms with Crippen molar-refractivity contribution in [2.45, 2.75) is 25.9 Å². The van der Waals surface area contributed by atoms with Crippen LogP contribution in [-0.4, -0.2) is 25.0 Å². The Hall–Kier alpha value is -1.59. The Morgan fingerprint density at radius 3 is 2.35 bits per heavy atom. The second-order valence-corrected chi connectivity index (χ2v) is 4.99. The van der Waals surface area contributed by atoms with E-state index in [0.29, 0.717) is 5.69 Å². The maximum Gasteiger partial charge on any atom is 0.391 e. The number of carbonyl (C=O) groups excluding carboxylic acids is 1. The fourth-order valence-corrected chi connectivity index (χ4v) is 2.57. The third kappa shape index (κ3) is 2.94. The van der Waals surface area contributed by atoms with Gasteiger partial charge >= 0.3 is 6.18 Å². The van der Waals surface area contributed by atoms with Crippen molar-refractivity contribution in [2.24, 2.45) is 5.92 Å². The zero-order valence-electron chi connectivity index (χ0n) is 11.0. The lowest BCUT2D eigenvalue weighted by Gasteiger charge is -2.35. The second kappa shape index (κ2) is 5.42. The Morgan fingerprint density at radius 1 is 1.25 bits per heavy atom. The van der Waals surface area contributed by atoms with Gasteiger partial charge in [-0.2, -0.15) is 13.2 Å². The molecule has 0 saturated carbocycles. The highest BCUT2D eigenvalue weighted by Gasteiger charge is 2.41. The van der Waals surface area contributed by atoms with E-state index < -0.39 is 23.7 Å². The van der Waals surface area contributed by atoms with Crippen LogP contribution in [0.3, 0.4) is 0 Å². The summed E-state index contributed by atoms with van der Waals surface area (Å²) >= 11 is 0. The number of benzene rings is 1. The smallest absolute Gasteiger partial charge is 0.371 e. The summed E-state index contributed by atoms with van der Waals surface area (Å²) in [6.07, 6.45) is -4.24. The number of alkyl halides is 3. The first-order valence-electron chi connectivity index (χ1n) is 6.42. The number of hydrogen-bond acceptors (Lipinski definition) is 2. The molecule has 2 nitrogen and oxygen atoms in total. The number of hydrogen-bond donors (Lipinski definition) is 0. The van der Waals surface area contributed by atoms with Crippen molar-refractivity contribution in [1.82, 2.24) is 0 Å². The van der Waals surface area contributed by atoms with Gasteiger partial charge in [0.15, 0.2) is 5.78 Å². The SMILES string of the molecule is CC(=O)c1c(F)cccc1N1CCC(C(F)(F)F)CC1. The average Bonchev–Trinajstić information content (AvgIpc) is 2.37. The highest BCUT2D eigenvalue weighted by Crippen LogP contribution is 2.36. The third-order valence-corrected chi connectivity index (χ3v) is 3.64. The van der Waals surface area contributed by atoms with Crippen molar-refractivity contribution in [3.05, 3.63) is 29.6 Å². The summed E-state index contributed by atoms with van der Waals surface area (Å²) in [7, 11) is 0. The zero-order valence-corrected chi connectivity index (χ0v) is 11.0. The molecule has 0 spiro atoms. The van der Waals surface area contributed by atoms with Crippen molar-refractivity contribution in [1.29, 1.82) is 0 Å². The predicted molar refractivity (Wildman–Crippen MR) is 67.4 cm³/mol. The van der Waals surface area contributed by atoms with Gasteiger partial charge in [0.1, 0.15) is 5.82 Å². The lowest BCUT2D eigenvalue weighted by Crippen LogP contribution is -2.39. The highest BCUT2D eigenvalue weighted by molar-refractivity contribution is 6.00. The molecule has 0 aromatic heterocycles. The molecular formula is C14H15F4NO. The molecule has 1 fully saturated rings. The molecule has 0 aliphatic carbocycles. The van der Waals surface area contributed by atoms with Crippen LogP contribution in [0.15, 0.2) is 18.2 Å². The summed E-state index contributed by atoms with van der Waals surface area (Å²) in [5.74, 6) is -2.36. The molecule has 6 heteroatoms. The first kappa shape index (κ1) is 14.8. The second-order valence-electron chi connectivity index (χ2n) is 4.99. The average molecular weight is 289 g/mol. The monoisotopic (exact) mass is 289 g/mol. The molecule has 2 rings (SSSR count). The molecule has 0 unspecified atom stereocenters. The summed E-state index contributed by atoms with van der Waals surface area (Å²) in [4.78, 5) is 13.2. The number of anilines is 1. The fraction of sp³-hybridized carbons (Fsp3) is 0.500. The number of carbonyl (C=O) groups is 1. The zero-order chi connectivity index (χ0) is 14.9. The molecule has 1 aromatic carbocycles. The van der Waals surface area contributed by atoms with Crippen molar-refractivity contribution < 1.29 is 22.4 Å². The van der Waals surface area contributed by atoms with Crippen molar-refractivity contribution in [3.63, 3.8) is 0 Å². The fourth-order valence-electron chi connectivity index (χ4n) is 2.57. The number of rotatable bonds is 2. The quantitative estimate of drug-likeness (QED) is 0.609. The Balaban J connectivity index is 2.19. The summed E-state index contributed by atoms with van der Waals surface area (Å²) in [5.41, 5.74) is 0.344. The Labute approximate surface area is 114 Å². The number of halogens is 4. The molecule has 0 atom stereocenters. The number of piperidine rings is 1. The van der Waals surface area contributed by atoms with Crippen molar-refractivity contribution >= 4 is 11.5 Å². The molecule has 1 saturated heterocycles. The van der Waals surface area contributed by atoms with Gasteiger partial charge in [0.2, 0.25) is 0 Å². The van der Waals surface area contributed by atoms with Gasteiger partial charge in [0.05, 0.1) is 17.2 Å². The summed E-state index contributed by atoms with van der Waals surface area (Å²) < 4.78 is 51.5. The summed E-state index contributed by atoms with van der Waals surface area (Å²) in [5, 5.41) is 0. The van der Waals surface area contributed by atoms with Crippen LogP contribution in [0.25, 0.3) is 0 Å². The topological polar surface area (TPSA) is 20.3 Å². The van der Waals surface area contributed by atoms with E-state index in [0.717, 1.165) is 0 Å². The van der Waals surface area contributed by atoms with Crippen LogP contribution in [0.1, 0.15) is 30.1 Å². The Bertz CT molecular complexity index is 504. The maximum atomic E-state index is 13.7. The largest absolute Gasteiger partial charge is 0.391 e. The van der Waals surface area contributed by atoms with Gasteiger partial charge in [0.25, 0.3) is 0 Å². The number of Topliss-reactive ketones (excluding diaryl/α,β-unsaturated/α-hetero) is 1. The van der Waals surface area contributed by atoms with E-state index in [1.54, 1.807) is 11.0 Å². The van der Waals surface area contributed by atoms with Gasteiger partial charge < -0.3 is 4.90 Å². The number of ketones is 1. The molecule has 1 aromatic rings. The molecule has 0 radical (unpaired) electrons. The van der Waals surface area contributed by atoms with Crippen LogP contribution in [0.2, 0.25) is 0 Å². The van der Waals surface area contributed by atoms with E-state index in [4.69, 9.17) is 0 Å². The molecule has 20 heavy (non-hydrogen) atoms. The molecular weight excluding hydrogens is 274 g/mol. The van der Waals surface area contributed by atoms with Gasteiger partial charge in [0, 0.05) is 13.1 Å². The van der Waals surface area contributed by atoms with Gasteiger partial charge in [-0.15, -0.1) is 0 Å². The minimum absolute atomic E-state index is 0.0304. The Kier molecular flexibility index (Phi) is 4.01. The standard InChI is InChI=1S/C14H15F4NO/c1-9(20)13-11(15)3-2-4-12(13)19-7-5-10(6-8-19)14(16,17)18/h2-4,10H,5-8H2,1H3. The maximum absolute atomic E-state index is 13.7. The van der Waals surface area contributed by atoms with Gasteiger partial charge in [-0.25, -0.2) is 4.39 Å². The molecule has 0 bridgehead atoms. The van der Waals surface area contributed by atoms with Crippen molar-refractivity contribution in [3.8, 4) is 0 Å². The molecule has 1 heterocycles. The molecule has 110 valence electrons. The normalized spacial score (nSPS) is 17.4. The summed E-state index contributed by atoms with van der Waals surface area (Å²) in [6.45, 7) is 1.60. The van der Waals surface area contributed by atoms with Crippen LogP contribution >= 0.6 is 0 Å². The van der Waals surface area contributed by atoms with Gasteiger partial charge in [-0.05, 0) is 31.9 Å². The van der Waals surface area contributed by atoms with Gasteiger partial charge in [-0.1, -0.05) is 6.07 Å². The Morgan fingerprint density at radius 2 is 1.85 bits per heavy atom. The van der Waals surface area contributed by atoms with E-state index in [-0.39, 0.29) is 31.5 Å². The lowest BCUT2D eigenvalue weighted by molar-refractivity contribution is -0.179. The minimum atomic E-state index is -4.18. The van der Waals surface area contributed by atoms with Crippen LogP contribution in [0.5, 0.6) is 0 Å². The first-order valence-corrected chi connectivity index (χ1v) is 6.42. The molecule has 0 amide bonds. The number of nitrogens with zero attached hydrogens (tertiary/aromatic N) is 1. The van der Waals surface area contributed by atoms with E-state index >= 15 is 0 Å². The highest BCUT2D eigenvalue weighted by atomic mass is 19.4. The van der Waals surface area contributed by atoms with E-state index in [1.165, 1.54) is 19.1 Å². The predicted octanol–water partition coefficient (Wildman–Crippen LogP) is 3.81. The van der Waals surface area contributed by atoms with Crippen LogP contribution in [0.4, 0.5) is 23.2 Å². The third-order valence-electron chi connectivity index (χ3n) is 3.64. The molecule has 0 N–H and O–H groups in total. The first-order chi connectivity index (χ1) is 9.30. The minimum Gasteiger partial charge on any atom is -0.371 e. The van der Waals surface area contributed by atoms with Gasteiger partial charge in [-0.3, -0.25) is 4.79 Å². The van der Waals surface area contributed by atoms with E-state index in [2.05, 4.69) is 0 Å². The van der Waals surface area contributed by atoms with E-state index in [9.17, 15) is 22.4 Å². The van der Waals surface area contributed by atoms with E-state index in [1.807, 2.05) is 0 Å².